The van der Waals surface area contributed by atoms with E-state index in [2.05, 4.69) is 4.98 Å². The average molecular weight is 257 g/mol. The highest BCUT2D eigenvalue weighted by atomic mass is 16.6. The molecule has 18 heavy (non-hydrogen) atoms. The molecule has 1 aliphatic heterocycles. The first-order valence-corrected chi connectivity index (χ1v) is 5.46. The summed E-state index contributed by atoms with van der Waals surface area (Å²) in [6.45, 7) is 1.42. The number of hydrogen-bond donors (Lipinski definition) is 4. The third kappa shape index (κ3) is 2.10. The van der Waals surface area contributed by atoms with Gasteiger partial charge < -0.3 is 25.8 Å². The van der Waals surface area contributed by atoms with Crippen LogP contribution in [0.15, 0.2) is 17.1 Å². The van der Waals surface area contributed by atoms with Gasteiger partial charge in [0, 0.05) is 6.20 Å². The Morgan fingerprint density at radius 1 is 1.50 bits per heavy atom. The van der Waals surface area contributed by atoms with Crippen LogP contribution in [-0.2, 0) is 4.74 Å². The van der Waals surface area contributed by atoms with Crippen LogP contribution in [0.4, 0.5) is 5.82 Å². The van der Waals surface area contributed by atoms with E-state index in [9.17, 15) is 20.1 Å². The van der Waals surface area contributed by atoms with Crippen LogP contribution in [0.2, 0.25) is 0 Å². The summed E-state index contributed by atoms with van der Waals surface area (Å²) in [6.07, 6.45) is -4.32. The highest BCUT2D eigenvalue weighted by Gasteiger charge is 2.46. The third-order valence-electron chi connectivity index (χ3n) is 2.88. The van der Waals surface area contributed by atoms with Crippen molar-refractivity contribution in [1.29, 1.82) is 0 Å². The maximum atomic E-state index is 11.6. The zero-order chi connectivity index (χ0) is 13.4. The van der Waals surface area contributed by atoms with Crippen molar-refractivity contribution in [2.75, 3.05) is 5.73 Å². The molecular weight excluding hydrogens is 242 g/mol. The summed E-state index contributed by atoms with van der Waals surface area (Å²) in [5.41, 5.74) is 4.65. The third-order valence-corrected chi connectivity index (χ3v) is 2.88. The van der Waals surface area contributed by atoms with Crippen LogP contribution in [-0.4, -0.2) is 49.3 Å². The molecule has 1 saturated heterocycles. The first-order chi connectivity index (χ1) is 8.41. The molecule has 0 aliphatic carbocycles. The Balaban J connectivity index is 2.32. The second kappa shape index (κ2) is 4.65. The number of aliphatic hydroxyl groups excluding tert-OH is 3. The molecule has 1 aliphatic rings. The molecule has 0 spiro atoms. The van der Waals surface area contributed by atoms with E-state index in [1.54, 1.807) is 0 Å². The van der Waals surface area contributed by atoms with Gasteiger partial charge >= 0.3 is 5.69 Å². The molecule has 0 radical (unpaired) electrons. The maximum Gasteiger partial charge on any atom is 0.351 e. The Bertz CT molecular complexity index is 489. The summed E-state index contributed by atoms with van der Waals surface area (Å²) in [5, 5.41) is 28.9. The lowest BCUT2D eigenvalue weighted by Gasteiger charge is -2.17. The molecule has 0 aromatic carbocycles. The van der Waals surface area contributed by atoms with Gasteiger partial charge in [-0.3, -0.25) is 4.57 Å². The fraction of sp³-hybridized carbons (Fsp3) is 0.600. The van der Waals surface area contributed by atoms with E-state index < -0.39 is 36.3 Å². The molecule has 5 N–H and O–H groups in total. The average Bonchev–Trinajstić information content (AvgIpc) is 2.57. The molecule has 1 aromatic rings. The standard InChI is InChI=1S/C10H15N3O5/c1-4(14)8-6(15)7(16)9(18-8)13-3-2-5(11)12-10(13)17/h2-4,6-9,14-16H,1H3,(H2,11,12,17)/t4-,6+,7-,8-,9-/m1/s1. The van der Waals surface area contributed by atoms with Gasteiger partial charge in [-0.1, -0.05) is 0 Å². The molecule has 0 bridgehead atoms. The molecule has 8 heteroatoms. The van der Waals surface area contributed by atoms with E-state index in [0.717, 1.165) is 4.57 Å². The number of anilines is 1. The minimum atomic E-state index is -1.33. The molecular formula is C10H15N3O5. The molecule has 2 rings (SSSR count). The lowest BCUT2D eigenvalue weighted by Crippen LogP contribution is -2.38. The number of nitrogen functional groups attached to an aromatic ring is 1. The second-order valence-corrected chi connectivity index (χ2v) is 4.26. The van der Waals surface area contributed by atoms with E-state index in [0.29, 0.717) is 0 Å². The molecule has 1 aromatic heterocycles. The van der Waals surface area contributed by atoms with Crippen LogP contribution in [0.5, 0.6) is 0 Å². The van der Waals surface area contributed by atoms with E-state index in [1.165, 1.54) is 19.2 Å². The topological polar surface area (TPSA) is 131 Å². The van der Waals surface area contributed by atoms with Gasteiger partial charge in [0.25, 0.3) is 0 Å². The Kier molecular flexibility index (Phi) is 3.35. The van der Waals surface area contributed by atoms with Crippen LogP contribution in [0.25, 0.3) is 0 Å². The zero-order valence-electron chi connectivity index (χ0n) is 9.67. The fourth-order valence-electron chi connectivity index (χ4n) is 1.93. The number of aliphatic hydroxyl groups is 3. The number of nitrogens with two attached hydrogens (primary N) is 1. The van der Waals surface area contributed by atoms with Gasteiger partial charge in [0.05, 0.1) is 6.10 Å². The van der Waals surface area contributed by atoms with E-state index in [1.807, 2.05) is 0 Å². The maximum absolute atomic E-state index is 11.6. The zero-order valence-corrected chi connectivity index (χ0v) is 9.67. The summed E-state index contributed by atoms with van der Waals surface area (Å²) >= 11 is 0. The van der Waals surface area contributed by atoms with Crippen LogP contribution >= 0.6 is 0 Å². The summed E-state index contributed by atoms with van der Waals surface area (Å²) in [7, 11) is 0. The number of aromatic nitrogens is 2. The van der Waals surface area contributed by atoms with Crippen molar-refractivity contribution < 1.29 is 20.1 Å². The lowest BCUT2D eigenvalue weighted by atomic mass is 10.1. The minimum Gasteiger partial charge on any atom is -0.391 e. The number of nitrogens with zero attached hydrogens (tertiary/aromatic N) is 2. The quantitative estimate of drug-likeness (QED) is 0.474. The van der Waals surface area contributed by atoms with Gasteiger partial charge in [0.15, 0.2) is 6.23 Å². The van der Waals surface area contributed by atoms with E-state index in [-0.39, 0.29) is 5.82 Å². The number of ether oxygens (including phenoxy) is 1. The minimum absolute atomic E-state index is 0.0522. The van der Waals surface area contributed by atoms with Gasteiger partial charge in [-0.25, -0.2) is 4.79 Å². The SMILES string of the molecule is C[C@@H](O)[C@H]1O[C@@H](n2ccc(N)nc2=O)[C@H](O)[C@@H]1O. The highest BCUT2D eigenvalue weighted by Crippen LogP contribution is 2.29. The Labute approximate surface area is 102 Å². The van der Waals surface area contributed by atoms with Crippen LogP contribution in [0.3, 0.4) is 0 Å². The Morgan fingerprint density at radius 3 is 2.67 bits per heavy atom. The highest BCUT2D eigenvalue weighted by molar-refractivity contribution is 5.23. The van der Waals surface area contributed by atoms with E-state index in [4.69, 9.17) is 10.5 Å². The van der Waals surface area contributed by atoms with Gasteiger partial charge in [0.2, 0.25) is 0 Å². The predicted octanol–water partition coefficient (Wildman–Crippen LogP) is -2.17. The smallest absolute Gasteiger partial charge is 0.351 e. The van der Waals surface area contributed by atoms with Crippen molar-refractivity contribution in [3.8, 4) is 0 Å². The Morgan fingerprint density at radius 2 is 2.17 bits per heavy atom. The number of hydrogen-bond acceptors (Lipinski definition) is 7. The molecule has 0 amide bonds. The summed E-state index contributed by atoms with van der Waals surface area (Å²) in [6, 6.07) is 1.37. The fourth-order valence-corrected chi connectivity index (χ4v) is 1.93. The summed E-state index contributed by atoms with van der Waals surface area (Å²) in [5.74, 6) is 0.0522. The van der Waals surface area contributed by atoms with Crippen molar-refractivity contribution >= 4 is 5.82 Å². The van der Waals surface area contributed by atoms with Crippen molar-refractivity contribution in [3.63, 3.8) is 0 Å². The molecule has 0 unspecified atom stereocenters. The molecule has 5 atom stereocenters. The monoisotopic (exact) mass is 257 g/mol. The normalized spacial score (nSPS) is 33.6. The lowest BCUT2D eigenvalue weighted by molar-refractivity contribution is -0.0803. The van der Waals surface area contributed by atoms with Gasteiger partial charge in [-0.15, -0.1) is 0 Å². The summed E-state index contributed by atoms with van der Waals surface area (Å²) < 4.78 is 6.31. The van der Waals surface area contributed by atoms with Gasteiger partial charge in [-0.05, 0) is 13.0 Å². The van der Waals surface area contributed by atoms with Crippen LogP contribution in [0, 0.1) is 0 Å². The molecule has 100 valence electrons. The second-order valence-electron chi connectivity index (χ2n) is 4.26. The number of rotatable bonds is 2. The van der Waals surface area contributed by atoms with Crippen molar-refractivity contribution in [3.05, 3.63) is 22.7 Å². The first kappa shape index (κ1) is 13.0. The van der Waals surface area contributed by atoms with Crippen molar-refractivity contribution in [2.45, 2.75) is 37.6 Å². The van der Waals surface area contributed by atoms with Crippen LogP contribution in [0.1, 0.15) is 13.2 Å². The molecule has 1 fully saturated rings. The molecule has 0 saturated carbocycles. The summed E-state index contributed by atoms with van der Waals surface area (Å²) in [4.78, 5) is 15.1. The predicted molar refractivity (Wildman–Crippen MR) is 60.5 cm³/mol. The molecule has 8 nitrogen and oxygen atoms in total. The van der Waals surface area contributed by atoms with Crippen molar-refractivity contribution in [1.82, 2.24) is 9.55 Å². The van der Waals surface area contributed by atoms with Crippen LogP contribution < -0.4 is 11.4 Å². The largest absolute Gasteiger partial charge is 0.391 e. The van der Waals surface area contributed by atoms with Gasteiger partial charge in [0.1, 0.15) is 24.1 Å². The first-order valence-electron chi connectivity index (χ1n) is 5.46. The molecule has 2 heterocycles. The van der Waals surface area contributed by atoms with Crippen molar-refractivity contribution in [2.24, 2.45) is 0 Å². The van der Waals surface area contributed by atoms with E-state index >= 15 is 0 Å². The Hall–Kier alpha value is -1.48. The van der Waals surface area contributed by atoms with Gasteiger partial charge in [-0.2, -0.15) is 4.98 Å².